The summed E-state index contributed by atoms with van der Waals surface area (Å²) in [5.74, 6) is -0.201. The highest BCUT2D eigenvalue weighted by molar-refractivity contribution is 5.72. The molecule has 1 saturated heterocycles. The van der Waals surface area contributed by atoms with Gasteiger partial charge in [-0.05, 0) is 55.7 Å². The minimum Gasteiger partial charge on any atom is -0.277 e. The minimum atomic E-state index is -0.201. The summed E-state index contributed by atoms with van der Waals surface area (Å²) in [4.78, 5) is 0. The van der Waals surface area contributed by atoms with Gasteiger partial charge in [0.1, 0.15) is 5.82 Å². The first-order chi connectivity index (χ1) is 10.8. The summed E-state index contributed by atoms with van der Waals surface area (Å²) >= 11 is 0. The van der Waals surface area contributed by atoms with Crippen LogP contribution in [0.1, 0.15) is 24.8 Å². The molecule has 0 amide bonds. The largest absolute Gasteiger partial charge is 0.277 e. The third kappa shape index (κ3) is 2.21. The van der Waals surface area contributed by atoms with E-state index in [2.05, 4.69) is 27.7 Å². The normalized spacial score (nSPS) is 17.5. The van der Waals surface area contributed by atoms with E-state index < -0.39 is 0 Å². The summed E-state index contributed by atoms with van der Waals surface area (Å²) in [6, 6.07) is 17.0. The molecule has 1 fully saturated rings. The van der Waals surface area contributed by atoms with Crippen LogP contribution >= 0.6 is 0 Å². The second kappa shape index (κ2) is 5.37. The third-order valence-electron chi connectivity index (χ3n) is 4.23. The lowest BCUT2D eigenvalue weighted by atomic mass is 10.0. The first-order valence-electron chi connectivity index (χ1n) is 7.71. The number of benzene rings is 2. The molecule has 4 heteroatoms. The Kier molecular flexibility index (Phi) is 3.22. The minimum absolute atomic E-state index is 0.201. The zero-order valence-electron chi connectivity index (χ0n) is 12.3. The van der Waals surface area contributed by atoms with Crippen molar-refractivity contribution >= 4 is 11.4 Å². The monoisotopic (exact) mass is 295 g/mol. The Hall–Kier alpha value is -2.49. The predicted octanol–water partition coefficient (Wildman–Crippen LogP) is 3.92. The molecule has 112 valence electrons. The Morgan fingerprint density at radius 1 is 0.909 bits per heavy atom. The van der Waals surface area contributed by atoms with Gasteiger partial charge < -0.3 is 0 Å². The van der Waals surface area contributed by atoms with Gasteiger partial charge >= 0.3 is 0 Å². The number of halogens is 1. The van der Waals surface area contributed by atoms with Crippen LogP contribution in [0.2, 0.25) is 0 Å². The summed E-state index contributed by atoms with van der Waals surface area (Å²) in [5, 5.41) is 4.41. The standard InChI is InChI=1S/C18H18FN3/c19-15-11-9-14(10-12-15)18-17-8-4-5-13-21(17)22(20-18)16-6-2-1-3-7-16/h1-3,6-7,9-12,20H,4-5,8,13H2. The number of fused-ring (bicyclic) bond motifs is 1. The molecule has 0 atom stereocenters. The van der Waals surface area contributed by atoms with Gasteiger partial charge in [0.25, 0.3) is 0 Å². The molecule has 0 saturated carbocycles. The lowest BCUT2D eigenvalue weighted by Gasteiger charge is -2.35. The van der Waals surface area contributed by atoms with Gasteiger partial charge in [-0.1, -0.05) is 18.2 Å². The van der Waals surface area contributed by atoms with Crippen LogP contribution in [0, 0.1) is 5.82 Å². The highest BCUT2D eigenvalue weighted by Crippen LogP contribution is 2.35. The lowest BCUT2D eigenvalue weighted by molar-refractivity contribution is 0.278. The summed E-state index contributed by atoms with van der Waals surface area (Å²) in [7, 11) is 0. The van der Waals surface area contributed by atoms with E-state index in [1.807, 2.05) is 30.3 Å². The van der Waals surface area contributed by atoms with Crippen LogP contribution in [0.5, 0.6) is 0 Å². The van der Waals surface area contributed by atoms with Crippen molar-refractivity contribution in [1.29, 1.82) is 0 Å². The van der Waals surface area contributed by atoms with E-state index in [1.165, 1.54) is 30.7 Å². The van der Waals surface area contributed by atoms with Crippen molar-refractivity contribution in [1.82, 2.24) is 10.4 Å². The van der Waals surface area contributed by atoms with Gasteiger partial charge in [0.2, 0.25) is 0 Å². The second-order valence-corrected chi connectivity index (χ2v) is 5.67. The zero-order valence-corrected chi connectivity index (χ0v) is 12.3. The van der Waals surface area contributed by atoms with Gasteiger partial charge in [0.05, 0.1) is 17.1 Å². The van der Waals surface area contributed by atoms with E-state index in [4.69, 9.17) is 0 Å². The molecule has 2 aliphatic rings. The second-order valence-electron chi connectivity index (χ2n) is 5.67. The Bertz CT molecular complexity index is 694. The maximum Gasteiger partial charge on any atom is 0.123 e. The van der Waals surface area contributed by atoms with Gasteiger partial charge in [-0.2, -0.15) is 5.12 Å². The van der Waals surface area contributed by atoms with E-state index >= 15 is 0 Å². The SMILES string of the molecule is Fc1ccc(C2=C3CCCCN3N(c3ccccc3)N2)cc1. The van der Waals surface area contributed by atoms with Crippen LogP contribution in [0.25, 0.3) is 5.70 Å². The first-order valence-corrected chi connectivity index (χ1v) is 7.71. The highest BCUT2D eigenvalue weighted by atomic mass is 19.1. The smallest absolute Gasteiger partial charge is 0.123 e. The molecule has 22 heavy (non-hydrogen) atoms. The van der Waals surface area contributed by atoms with E-state index in [0.717, 1.165) is 29.9 Å². The molecule has 0 bridgehead atoms. The summed E-state index contributed by atoms with van der Waals surface area (Å²) < 4.78 is 13.2. The van der Waals surface area contributed by atoms with E-state index in [-0.39, 0.29) is 5.82 Å². The summed E-state index contributed by atoms with van der Waals surface area (Å²) in [6.07, 6.45) is 3.43. The molecule has 0 radical (unpaired) electrons. The molecule has 2 aromatic rings. The molecule has 4 rings (SSSR count). The molecule has 3 nitrogen and oxygen atoms in total. The first kappa shape index (κ1) is 13.2. The summed E-state index contributed by atoms with van der Waals surface area (Å²) in [6.45, 7) is 1.00. The molecule has 1 N–H and O–H groups in total. The van der Waals surface area contributed by atoms with Crippen LogP contribution in [0.3, 0.4) is 0 Å². The van der Waals surface area contributed by atoms with E-state index in [1.54, 1.807) is 0 Å². The molecule has 2 aliphatic heterocycles. The van der Waals surface area contributed by atoms with Gasteiger partial charge in [-0.25, -0.2) is 4.39 Å². The zero-order chi connectivity index (χ0) is 14.9. The predicted molar refractivity (Wildman–Crippen MR) is 85.9 cm³/mol. The fraction of sp³-hybridized carbons (Fsp3) is 0.222. The average Bonchev–Trinajstić information content (AvgIpc) is 2.96. The maximum atomic E-state index is 13.2. The number of nitrogens with one attached hydrogen (secondary N) is 1. The number of allylic oxidation sites excluding steroid dienone is 1. The van der Waals surface area contributed by atoms with Crippen LogP contribution < -0.4 is 10.5 Å². The molecule has 0 spiro atoms. The lowest BCUT2D eigenvalue weighted by Crippen LogP contribution is -2.45. The Morgan fingerprint density at radius 2 is 1.68 bits per heavy atom. The Labute approximate surface area is 129 Å². The van der Waals surface area contributed by atoms with Gasteiger partial charge in [0, 0.05) is 12.1 Å². The van der Waals surface area contributed by atoms with Crippen molar-refractivity contribution in [2.45, 2.75) is 19.3 Å². The number of para-hydroxylation sites is 1. The molecule has 0 aliphatic carbocycles. The fourth-order valence-electron chi connectivity index (χ4n) is 3.14. The maximum absolute atomic E-state index is 13.2. The fourth-order valence-corrected chi connectivity index (χ4v) is 3.14. The van der Waals surface area contributed by atoms with Gasteiger partial charge in [0.15, 0.2) is 0 Å². The van der Waals surface area contributed by atoms with Crippen molar-refractivity contribution in [3.05, 3.63) is 71.7 Å². The van der Waals surface area contributed by atoms with Crippen molar-refractivity contribution < 1.29 is 4.39 Å². The quantitative estimate of drug-likeness (QED) is 0.906. The van der Waals surface area contributed by atoms with Crippen molar-refractivity contribution in [2.75, 3.05) is 11.7 Å². The Morgan fingerprint density at radius 3 is 2.45 bits per heavy atom. The molecule has 0 aromatic heterocycles. The molecular weight excluding hydrogens is 277 g/mol. The van der Waals surface area contributed by atoms with Crippen molar-refractivity contribution in [3.63, 3.8) is 0 Å². The topological polar surface area (TPSA) is 18.5 Å². The summed E-state index contributed by atoms with van der Waals surface area (Å²) in [5.41, 5.74) is 8.02. The van der Waals surface area contributed by atoms with Crippen molar-refractivity contribution in [2.24, 2.45) is 0 Å². The number of anilines is 1. The average molecular weight is 295 g/mol. The van der Waals surface area contributed by atoms with Crippen LogP contribution in [-0.4, -0.2) is 11.6 Å². The number of hydrogen-bond donors (Lipinski definition) is 1. The third-order valence-corrected chi connectivity index (χ3v) is 4.23. The molecule has 2 aromatic carbocycles. The Balaban J connectivity index is 1.73. The number of nitrogens with zero attached hydrogens (tertiary/aromatic N) is 2. The van der Waals surface area contributed by atoms with Gasteiger partial charge in [-0.15, -0.1) is 0 Å². The van der Waals surface area contributed by atoms with Crippen LogP contribution in [0.15, 0.2) is 60.3 Å². The molecule has 0 unspecified atom stereocenters. The molecular formula is C18H18FN3. The van der Waals surface area contributed by atoms with Gasteiger partial charge in [-0.3, -0.25) is 10.4 Å². The number of hydrazine groups is 2. The van der Waals surface area contributed by atoms with Crippen LogP contribution in [-0.2, 0) is 0 Å². The van der Waals surface area contributed by atoms with E-state index in [9.17, 15) is 4.39 Å². The number of rotatable bonds is 2. The number of hydrogen-bond acceptors (Lipinski definition) is 3. The van der Waals surface area contributed by atoms with Crippen LogP contribution in [0.4, 0.5) is 10.1 Å². The number of piperidine rings is 1. The van der Waals surface area contributed by atoms with Crippen molar-refractivity contribution in [3.8, 4) is 0 Å². The highest BCUT2D eigenvalue weighted by Gasteiger charge is 2.32. The van der Waals surface area contributed by atoms with E-state index in [0.29, 0.717) is 0 Å². The molecule has 2 heterocycles.